The fraction of sp³-hybridized carbons (Fsp3) is 0.182. The summed E-state index contributed by atoms with van der Waals surface area (Å²) in [5.41, 5.74) is 1.75. The summed E-state index contributed by atoms with van der Waals surface area (Å²) >= 11 is 0. The van der Waals surface area contributed by atoms with E-state index in [4.69, 9.17) is 5.26 Å². The van der Waals surface area contributed by atoms with Crippen molar-refractivity contribution in [1.82, 2.24) is 0 Å². The third-order valence-corrected chi connectivity index (χ3v) is 1.70. The van der Waals surface area contributed by atoms with E-state index in [1.54, 1.807) is 12.1 Å². The third kappa shape index (κ3) is 2.16. The zero-order valence-electron chi connectivity index (χ0n) is 7.47. The molecule has 66 valence electrons. The second-order valence-corrected chi connectivity index (χ2v) is 3.02. The van der Waals surface area contributed by atoms with Crippen LogP contribution in [0.4, 0.5) is 4.39 Å². The number of nitrogens with zero attached hydrogens (tertiary/aromatic N) is 1. The molecule has 0 heterocycles. The average Bonchev–Trinajstić information content (AvgIpc) is 2.03. The Balaban J connectivity index is 3.14. The van der Waals surface area contributed by atoms with E-state index in [-0.39, 0.29) is 5.56 Å². The first kappa shape index (κ1) is 9.47. The lowest BCUT2D eigenvalue weighted by Gasteiger charge is -2.03. The first-order valence-electron chi connectivity index (χ1n) is 3.97. The Hall–Kier alpha value is -1.62. The number of halogens is 1. The summed E-state index contributed by atoms with van der Waals surface area (Å²) in [5.74, 6) is -0.457. The van der Waals surface area contributed by atoms with Gasteiger partial charge in [-0.1, -0.05) is 24.3 Å². The van der Waals surface area contributed by atoms with Crippen LogP contribution in [0.1, 0.15) is 18.1 Å². The molecule has 0 fully saturated rings. The van der Waals surface area contributed by atoms with E-state index in [0.29, 0.717) is 12.0 Å². The molecule has 0 bridgehead atoms. The van der Waals surface area contributed by atoms with Crippen LogP contribution in [-0.4, -0.2) is 0 Å². The van der Waals surface area contributed by atoms with Crippen molar-refractivity contribution in [1.29, 1.82) is 5.26 Å². The van der Waals surface area contributed by atoms with Gasteiger partial charge in [-0.15, -0.1) is 0 Å². The first-order valence-corrected chi connectivity index (χ1v) is 3.97. The topological polar surface area (TPSA) is 23.8 Å². The minimum absolute atomic E-state index is 0.130. The van der Waals surface area contributed by atoms with Crippen LogP contribution >= 0.6 is 0 Å². The molecule has 13 heavy (non-hydrogen) atoms. The molecule has 1 aromatic carbocycles. The van der Waals surface area contributed by atoms with Gasteiger partial charge in [-0.25, -0.2) is 4.39 Å². The van der Waals surface area contributed by atoms with Gasteiger partial charge >= 0.3 is 0 Å². The fourth-order valence-corrected chi connectivity index (χ4v) is 1.17. The molecule has 0 radical (unpaired) electrons. The summed E-state index contributed by atoms with van der Waals surface area (Å²) in [7, 11) is 0. The zero-order chi connectivity index (χ0) is 9.84. The molecule has 1 nitrogen and oxygen atoms in total. The van der Waals surface area contributed by atoms with Crippen LogP contribution in [0.15, 0.2) is 30.4 Å². The Morgan fingerprint density at radius 1 is 1.62 bits per heavy atom. The monoisotopic (exact) mass is 175 g/mol. The van der Waals surface area contributed by atoms with Gasteiger partial charge in [0.05, 0.1) is 5.56 Å². The van der Waals surface area contributed by atoms with Gasteiger partial charge in [-0.05, 0) is 25.0 Å². The van der Waals surface area contributed by atoms with Crippen molar-refractivity contribution < 1.29 is 4.39 Å². The maximum Gasteiger partial charge on any atom is 0.141 e. The summed E-state index contributed by atoms with van der Waals surface area (Å²) in [6, 6.07) is 6.50. The van der Waals surface area contributed by atoms with Crippen LogP contribution in [0.25, 0.3) is 0 Å². The molecule has 0 saturated carbocycles. The number of rotatable bonds is 2. The second kappa shape index (κ2) is 3.86. The SMILES string of the molecule is C=C(C)Cc1cccc(F)c1C#N. The minimum atomic E-state index is -0.457. The summed E-state index contributed by atoms with van der Waals surface area (Å²) in [6.07, 6.45) is 0.556. The van der Waals surface area contributed by atoms with Crippen LogP contribution in [-0.2, 0) is 6.42 Å². The van der Waals surface area contributed by atoms with E-state index in [1.165, 1.54) is 6.07 Å². The van der Waals surface area contributed by atoms with Gasteiger partial charge in [0.15, 0.2) is 0 Å². The molecule has 0 atom stereocenters. The fourth-order valence-electron chi connectivity index (χ4n) is 1.17. The molecule has 0 aliphatic carbocycles. The highest BCUT2D eigenvalue weighted by molar-refractivity contribution is 5.40. The predicted octanol–water partition coefficient (Wildman–Crippen LogP) is 2.82. The van der Waals surface area contributed by atoms with Gasteiger partial charge in [0.2, 0.25) is 0 Å². The van der Waals surface area contributed by atoms with Crippen molar-refractivity contribution in [3.05, 3.63) is 47.3 Å². The molecular weight excluding hydrogens is 165 g/mol. The highest BCUT2D eigenvalue weighted by Crippen LogP contribution is 2.15. The van der Waals surface area contributed by atoms with Gasteiger partial charge in [-0.2, -0.15) is 5.26 Å². The Morgan fingerprint density at radius 3 is 2.85 bits per heavy atom. The number of nitriles is 1. The Labute approximate surface area is 77.1 Å². The Kier molecular flexibility index (Phi) is 2.81. The lowest BCUT2D eigenvalue weighted by molar-refractivity contribution is 0.622. The van der Waals surface area contributed by atoms with Crippen LogP contribution in [0.5, 0.6) is 0 Å². The summed E-state index contributed by atoms with van der Waals surface area (Å²) < 4.78 is 13.0. The number of hydrogen-bond acceptors (Lipinski definition) is 1. The molecule has 0 unspecified atom stereocenters. The molecule has 0 aliphatic rings. The average molecular weight is 175 g/mol. The Bertz CT molecular complexity index is 374. The highest BCUT2D eigenvalue weighted by Gasteiger charge is 2.06. The molecular formula is C11H10FN. The zero-order valence-corrected chi connectivity index (χ0v) is 7.47. The molecule has 0 aliphatic heterocycles. The molecule has 2 heteroatoms. The largest absolute Gasteiger partial charge is 0.206 e. The molecule has 0 spiro atoms. The third-order valence-electron chi connectivity index (χ3n) is 1.70. The standard InChI is InChI=1S/C11H10FN/c1-8(2)6-9-4-3-5-11(12)10(9)7-13/h3-5H,1,6H2,2H3. The van der Waals surface area contributed by atoms with E-state index in [1.807, 2.05) is 13.0 Å². The highest BCUT2D eigenvalue weighted by atomic mass is 19.1. The number of benzene rings is 1. The molecule has 1 rings (SSSR count). The van der Waals surface area contributed by atoms with E-state index in [2.05, 4.69) is 6.58 Å². The van der Waals surface area contributed by atoms with Gasteiger partial charge < -0.3 is 0 Å². The predicted molar refractivity (Wildman–Crippen MR) is 49.6 cm³/mol. The number of allylic oxidation sites excluding steroid dienone is 1. The van der Waals surface area contributed by atoms with Crippen molar-refractivity contribution in [3.8, 4) is 6.07 Å². The van der Waals surface area contributed by atoms with Crippen molar-refractivity contribution in [2.24, 2.45) is 0 Å². The van der Waals surface area contributed by atoms with Crippen LogP contribution < -0.4 is 0 Å². The molecule has 1 aromatic rings. The normalized spacial score (nSPS) is 9.31. The van der Waals surface area contributed by atoms with Crippen LogP contribution in [0.2, 0.25) is 0 Å². The summed E-state index contributed by atoms with van der Waals surface area (Å²) in [5, 5.41) is 8.69. The van der Waals surface area contributed by atoms with E-state index in [0.717, 1.165) is 5.57 Å². The quantitative estimate of drug-likeness (QED) is 0.634. The minimum Gasteiger partial charge on any atom is -0.206 e. The van der Waals surface area contributed by atoms with Crippen LogP contribution in [0.3, 0.4) is 0 Å². The van der Waals surface area contributed by atoms with Gasteiger partial charge in [0, 0.05) is 0 Å². The van der Waals surface area contributed by atoms with Gasteiger partial charge in [0.25, 0.3) is 0 Å². The lowest BCUT2D eigenvalue weighted by Crippen LogP contribution is -1.94. The maximum absolute atomic E-state index is 13.0. The number of hydrogen-bond donors (Lipinski definition) is 0. The molecule has 0 aromatic heterocycles. The van der Waals surface area contributed by atoms with Crippen molar-refractivity contribution in [2.45, 2.75) is 13.3 Å². The smallest absolute Gasteiger partial charge is 0.141 e. The first-order chi connectivity index (χ1) is 6.15. The molecule has 0 N–H and O–H groups in total. The molecule has 0 saturated heterocycles. The van der Waals surface area contributed by atoms with Gasteiger partial charge in [0.1, 0.15) is 11.9 Å². The van der Waals surface area contributed by atoms with E-state index >= 15 is 0 Å². The van der Waals surface area contributed by atoms with Gasteiger partial charge in [-0.3, -0.25) is 0 Å². The Morgan fingerprint density at radius 2 is 2.31 bits per heavy atom. The molecule has 0 amide bonds. The lowest BCUT2D eigenvalue weighted by atomic mass is 10.0. The summed E-state index contributed by atoms with van der Waals surface area (Å²) in [4.78, 5) is 0. The van der Waals surface area contributed by atoms with Crippen molar-refractivity contribution >= 4 is 0 Å². The van der Waals surface area contributed by atoms with E-state index in [9.17, 15) is 4.39 Å². The maximum atomic E-state index is 13.0. The summed E-state index contributed by atoms with van der Waals surface area (Å²) in [6.45, 7) is 5.58. The van der Waals surface area contributed by atoms with Crippen LogP contribution in [0, 0.1) is 17.1 Å². The van der Waals surface area contributed by atoms with Crippen molar-refractivity contribution in [2.75, 3.05) is 0 Å². The van der Waals surface area contributed by atoms with E-state index < -0.39 is 5.82 Å². The second-order valence-electron chi connectivity index (χ2n) is 3.02. The van der Waals surface area contributed by atoms with Crippen molar-refractivity contribution in [3.63, 3.8) is 0 Å².